The van der Waals surface area contributed by atoms with Gasteiger partial charge in [-0.05, 0) is 63.4 Å². The molecule has 194 valence electrons. The predicted octanol–water partition coefficient (Wildman–Crippen LogP) is 10.6. The number of benzene rings is 4. The number of hydrogen-bond acceptors (Lipinski definition) is 2. The van der Waals surface area contributed by atoms with Crippen LogP contribution in [0.1, 0.15) is 112 Å². The van der Waals surface area contributed by atoms with Gasteiger partial charge in [0.2, 0.25) is 0 Å². The Morgan fingerprint density at radius 3 is 1.26 bits per heavy atom. The summed E-state index contributed by atoms with van der Waals surface area (Å²) in [6.07, 6.45) is 0. The highest BCUT2D eigenvalue weighted by molar-refractivity contribution is 6.61. The molecule has 4 aromatic rings. The fraction of sp³-hybridized carbons (Fsp3) is 0.333. The second-order valence-electron chi connectivity index (χ2n) is 11.9. The first-order valence-electron chi connectivity index (χ1n) is 14.1. The summed E-state index contributed by atoms with van der Waals surface area (Å²) < 4.78 is 0. The molecule has 0 atom stereocenters. The van der Waals surface area contributed by atoms with E-state index in [4.69, 9.17) is 9.98 Å². The van der Waals surface area contributed by atoms with Crippen LogP contribution in [-0.2, 0) is 0 Å². The first-order valence-corrected chi connectivity index (χ1v) is 14.1. The van der Waals surface area contributed by atoms with Gasteiger partial charge < -0.3 is 0 Å². The van der Waals surface area contributed by atoms with E-state index in [0.717, 1.165) is 22.8 Å². The maximum Gasteiger partial charge on any atom is 0.0978 e. The Kier molecular flexibility index (Phi) is 7.09. The average molecular weight is 501 g/mol. The van der Waals surface area contributed by atoms with E-state index < -0.39 is 0 Å². The van der Waals surface area contributed by atoms with E-state index in [1.54, 1.807) is 0 Å². The van der Waals surface area contributed by atoms with Crippen molar-refractivity contribution in [3.8, 4) is 0 Å². The number of hydrogen-bond donors (Lipinski definition) is 0. The van der Waals surface area contributed by atoms with Crippen molar-refractivity contribution in [3.63, 3.8) is 0 Å². The van der Waals surface area contributed by atoms with Crippen molar-refractivity contribution in [2.24, 2.45) is 9.98 Å². The molecule has 0 aromatic heterocycles. The minimum absolute atomic E-state index is 0.379. The lowest BCUT2D eigenvalue weighted by Gasteiger charge is -2.16. The molecule has 1 aliphatic carbocycles. The molecular weight excluding hydrogens is 460 g/mol. The number of aliphatic imine (C=N–C) groups is 2. The molecule has 0 spiro atoms. The smallest absolute Gasteiger partial charge is 0.0978 e. The Balaban J connectivity index is 1.77. The summed E-state index contributed by atoms with van der Waals surface area (Å²) in [6.45, 7) is 18.0. The Labute approximate surface area is 228 Å². The third-order valence-electron chi connectivity index (χ3n) is 7.78. The highest BCUT2D eigenvalue weighted by Gasteiger charge is 2.28. The van der Waals surface area contributed by atoms with E-state index in [-0.39, 0.29) is 0 Å². The Bertz CT molecular complexity index is 1450. The molecule has 0 fully saturated rings. The molecule has 4 aromatic carbocycles. The Morgan fingerprint density at radius 1 is 0.474 bits per heavy atom. The molecule has 0 saturated carbocycles. The maximum absolute atomic E-state index is 5.40. The molecule has 0 saturated heterocycles. The first kappa shape index (κ1) is 26.1. The van der Waals surface area contributed by atoms with Crippen LogP contribution in [0.15, 0.2) is 82.8 Å². The Morgan fingerprint density at radius 2 is 0.895 bits per heavy atom. The highest BCUT2D eigenvalue weighted by atomic mass is 14.8. The van der Waals surface area contributed by atoms with Crippen molar-refractivity contribution >= 4 is 33.6 Å². The molecule has 0 heterocycles. The molecule has 0 N–H and O–H groups in total. The van der Waals surface area contributed by atoms with E-state index in [2.05, 4.69) is 128 Å². The number of rotatable bonds is 6. The van der Waals surface area contributed by atoms with Gasteiger partial charge in [0.1, 0.15) is 0 Å². The fourth-order valence-electron chi connectivity index (χ4n) is 5.45. The zero-order valence-corrected chi connectivity index (χ0v) is 24.1. The van der Waals surface area contributed by atoms with Gasteiger partial charge in [-0.1, -0.05) is 116 Å². The molecule has 0 unspecified atom stereocenters. The fourth-order valence-corrected chi connectivity index (χ4v) is 5.45. The second-order valence-corrected chi connectivity index (χ2v) is 11.9. The van der Waals surface area contributed by atoms with Crippen LogP contribution in [0.4, 0.5) is 11.4 Å². The maximum atomic E-state index is 5.40. The van der Waals surface area contributed by atoms with Crippen LogP contribution in [0, 0.1) is 0 Å². The summed E-state index contributed by atoms with van der Waals surface area (Å²) in [5.74, 6) is 1.73. The summed E-state index contributed by atoms with van der Waals surface area (Å²) in [4.78, 5) is 10.8. The van der Waals surface area contributed by atoms with E-state index in [1.165, 1.54) is 44.2 Å². The summed E-state index contributed by atoms with van der Waals surface area (Å²) in [6, 6.07) is 26.6. The van der Waals surface area contributed by atoms with E-state index >= 15 is 0 Å². The van der Waals surface area contributed by atoms with Gasteiger partial charge in [-0.2, -0.15) is 0 Å². The monoisotopic (exact) mass is 500 g/mol. The molecule has 0 aliphatic heterocycles. The molecule has 2 nitrogen and oxygen atoms in total. The molecule has 0 bridgehead atoms. The van der Waals surface area contributed by atoms with E-state index in [9.17, 15) is 0 Å². The lowest BCUT2D eigenvalue weighted by Crippen LogP contribution is -2.11. The molecule has 2 heteroatoms. The van der Waals surface area contributed by atoms with Gasteiger partial charge in [-0.15, -0.1) is 0 Å². The largest absolute Gasteiger partial charge is 0.246 e. The molecule has 5 rings (SSSR count). The van der Waals surface area contributed by atoms with Crippen LogP contribution in [0.25, 0.3) is 10.8 Å². The van der Waals surface area contributed by atoms with E-state index in [1.807, 2.05) is 0 Å². The topological polar surface area (TPSA) is 24.7 Å². The van der Waals surface area contributed by atoms with Crippen LogP contribution in [0.5, 0.6) is 0 Å². The van der Waals surface area contributed by atoms with Crippen LogP contribution >= 0.6 is 0 Å². The van der Waals surface area contributed by atoms with Gasteiger partial charge in [0.05, 0.1) is 22.8 Å². The molecular formula is C36H40N2. The van der Waals surface area contributed by atoms with Gasteiger partial charge in [0, 0.05) is 16.5 Å². The predicted molar refractivity (Wildman–Crippen MR) is 166 cm³/mol. The zero-order chi connectivity index (χ0) is 27.1. The van der Waals surface area contributed by atoms with Crippen LogP contribution in [0.3, 0.4) is 0 Å². The average Bonchev–Trinajstić information content (AvgIpc) is 3.18. The lowest BCUT2D eigenvalue weighted by molar-refractivity contribution is 0.834. The van der Waals surface area contributed by atoms with Crippen molar-refractivity contribution in [1.82, 2.24) is 0 Å². The zero-order valence-electron chi connectivity index (χ0n) is 24.1. The number of nitrogens with zero attached hydrogens (tertiary/aromatic N) is 2. The summed E-state index contributed by atoms with van der Waals surface area (Å²) >= 11 is 0. The van der Waals surface area contributed by atoms with Crippen molar-refractivity contribution in [2.45, 2.75) is 79.1 Å². The van der Waals surface area contributed by atoms with E-state index in [0.29, 0.717) is 23.7 Å². The van der Waals surface area contributed by atoms with Crippen LogP contribution in [-0.4, -0.2) is 11.4 Å². The van der Waals surface area contributed by atoms with Crippen molar-refractivity contribution in [3.05, 3.63) is 106 Å². The molecule has 0 amide bonds. The second kappa shape index (κ2) is 10.3. The van der Waals surface area contributed by atoms with Gasteiger partial charge >= 0.3 is 0 Å². The van der Waals surface area contributed by atoms with Crippen LogP contribution in [0.2, 0.25) is 0 Å². The summed E-state index contributed by atoms with van der Waals surface area (Å²) in [5, 5.41) is 2.48. The quantitative estimate of drug-likeness (QED) is 0.251. The van der Waals surface area contributed by atoms with Gasteiger partial charge in [-0.25, -0.2) is 9.98 Å². The SMILES string of the molecule is CC(C)c1ccc(N=C2C(=Nc3ccc(C(C)C)cc3C(C)C)c3cccc4cccc2c34)c(C(C)C)c1. The van der Waals surface area contributed by atoms with Gasteiger partial charge in [0.15, 0.2) is 0 Å². The van der Waals surface area contributed by atoms with Crippen molar-refractivity contribution in [2.75, 3.05) is 0 Å². The molecule has 38 heavy (non-hydrogen) atoms. The normalized spacial score (nSPS) is 15.4. The summed E-state index contributed by atoms with van der Waals surface area (Å²) in [5.41, 5.74) is 11.6. The Hall–Kier alpha value is -3.52. The lowest BCUT2D eigenvalue weighted by atomic mass is 9.94. The highest BCUT2D eigenvalue weighted by Crippen LogP contribution is 2.38. The van der Waals surface area contributed by atoms with Crippen molar-refractivity contribution in [1.29, 1.82) is 0 Å². The minimum atomic E-state index is 0.379. The van der Waals surface area contributed by atoms with Crippen LogP contribution < -0.4 is 0 Å². The summed E-state index contributed by atoms with van der Waals surface area (Å²) in [7, 11) is 0. The molecule has 1 aliphatic rings. The van der Waals surface area contributed by atoms with Crippen molar-refractivity contribution < 1.29 is 0 Å². The van der Waals surface area contributed by atoms with Gasteiger partial charge in [0.25, 0.3) is 0 Å². The first-order chi connectivity index (χ1) is 18.2. The third-order valence-corrected chi connectivity index (χ3v) is 7.78. The van der Waals surface area contributed by atoms with Gasteiger partial charge in [-0.3, -0.25) is 0 Å². The molecule has 0 radical (unpaired) electrons. The minimum Gasteiger partial charge on any atom is -0.246 e. The standard InChI is InChI=1S/C36H40N2/c1-21(2)26-15-17-32(30(19-26)23(5)6)37-35-28-13-9-11-25-12-10-14-29(34(25)28)36(35)38-33-18-16-27(22(3)4)20-31(33)24(7)8/h9-24H,1-8H3. The third kappa shape index (κ3) is 4.73.